The summed E-state index contributed by atoms with van der Waals surface area (Å²) >= 11 is 0. The maximum absolute atomic E-state index is 12.3. The molecular weight excluding hydrogens is 468 g/mol. The first-order chi connectivity index (χ1) is 16.7. The molecule has 0 aliphatic carbocycles. The molecule has 0 saturated heterocycles. The molecule has 0 aliphatic rings. The summed E-state index contributed by atoms with van der Waals surface area (Å²) in [7, 11) is -2.24. The second kappa shape index (κ2) is 10.4. The standard InChI is InChI=1S/C25H26N4O5S/c1-17-3-8-22(9-4-17)35(31,32)34-16-20(30)15-33-21-7-11-23-18(13-21)5-10-24(28-23)19-6-12-25(27-14-19)29(2)26/h3-14,20,30H,15-16,26H2,1-2H3/t20-/m0/s1. The molecule has 0 amide bonds. The van der Waals surface area contributed by atoms with Gasteiger partial charge in [0.25, 0.3) is 10.1 Å². The molecule has 4 rings (SSSR count). The minimum Gasteiger partial charge on any atom is -0.491 e. The fraction of sp³-hybridized carbons (Fsp3) is 0.200. The van der Waals surface area contributed by atoms with Crippen molar-refractivity contribution in [2.45, 2.75) is 17.9 Å². The van der Waals surface area contributed by atoms with Crippen LogP contribution < -0.4 is 15.6 Å². The summed E-state index contributed by atoms with van der Waals surface area (Å²) in [6.07, 6.45) is 0.585. The fourth-order valence-electron chi connectivity index (χ4n) is 3.28. The number of hydrogen-bond acceptors (Lipinski definition) is 9. The van der Waals surface area contributed by atoms with Crippen LogP contribution in [0.5, 0.6) is 5.75 Å². The van der Waals surface area contributed by atoms with Crippen molar-refractivity contribution in [3.63, 3.8) is 0 Å². The molecule has 1 atom stereocenters. The molecule has 4 aromatic rings. The number of aliphatic hydroxyl groups excluding tert-OH is 1. The summed E-state index contributed by atoms with van der Waals surface area (Å²) in [5.41, 5.74) is 3.34. The molecule has 0 radical (unpaired) electrons. The van der Waals surface area contributed by atoms with Gasteiger partial charge in [-0.2, -0.15) is 8.42 Å². The number of ether oxygens (including phenoxy) is 1. The predicted molar refractivity (Wildman–Crippen MR) is 133 cm³/mol. The number of aromatic nitrogens is 2. The Bertz CT molecular complexity index is 1410. The van der Waals surface area contributed by atoms with E-state index in [0.717, 1.165) is 27.7 Å². The molecule has 0 bridgehead atoms. The number of anilines is 1. The van der Waals surface area contributed by atoms with E-state index >= 15 is 0 Å². The Balaban J connectivity index is 1.36. The Morgan fingerprint density at radius 2 is 1.80 bits per heavy atom. The molecule has 0 saturated carbocycles. The summed E-state index contributed by atoms with van der Waals surface area (Å²) in [6.45, 7) is 1.31. The number of aryl methyl sites for hydroxylation is 1. The highest BCUT2D eigenvalue weighted by molar-refractivity contribution is 7.86. The molecule has 2 heterocycles. The Labute approximate surface area is 203 Å². The minimum atomic E-state index is -3.95. The number of pyridine rings is 2. The summed E-state index contributed by atoms with van der Waals surface area (Å²) in [4.78, 5) is 9.02. The van der Waals surface area contributed by atoms with Gasteiger partial charge in [0, 0.05) is 24.2 Å². The van der Waals surface area contributed by atoms with Crippen LogP contribution in [0.25, 0.3) is 22.2 Å². The number of benzene rings is 2. The minimum absolute atomic E-state index is 0.0380. The molecule has 0 fully saturated rings. The van der Waals surface area contributed by atoms with Crippen molar-refractivity contribution in [3.8, 4) is 17.0 Å². The first kappa shape index (κ1) is 24.6. The van der Waals surface area contributed by atoms with E-state index in [1.165, 1.54) is 17.1 Å². The Hall–Kier alpha value is -3.57. The van der Waals surface area contributed by atoms with Gasteiger partial charge in [0.15, 0.2) is 0 Å². The lowest BCUT2D eigenvalue weighted by molar-refractivity contribution is 0.0649. The summed E-state index contributed by atoms with van der Waals surface area (Å²) < 4.78 is 35.1. The first-order valence-corrected chi connectivity index (χ1v) is 12.2. The largest absolute Gasteiger partial charge is 0.491 e. The summed E-state index contributed by atoms with van der Waals surface area (Å²) in [5, 5.41) is 12.4. The predicted octanol–water partition coefficient (Wildman–Crippen LogP) is 3.06. The van der Waals surface area contributed by atoms with Crippen LogP contribution in [-0.4, -0.2) is 49.9 Å². The molecule has 2 aromatic heterocycles. The zero-order valence-electron chi connectivity index (χ0n) is 19.3. The van der Waals surface area contributed by atoms with Crippen LogP contribution in [0, 0.1) is 6.92 Å². The van der Waals surface area contributed by atoms with Crippen LogP contribution in [0.4, 0.5) is 5.82 Å². The number of rotatable bonds is 9. The highest BCUT2D eigenvalue weighted by Gasteiger charge is 2.18. The van der Waals surface area contributed by atoms with E-state index in [2.05, 4.69) is 9.97 Å². The summed E-state index contributed by atoms with van der Waals surface area (Å²) in [5.74, 6) is 6.86. The van der Waals surface area contributed by atoms with Crippen LogP contribution in [0.15, 0.2) is 77.8 Å². The van der Waals surface area contributed by atoms with E-state index in [0.29, 0.717) is 11.6 Å². The van der Waals surface area contributed by atoms with Gasteiger partial charge in [-0.25, -0.2) is 15.8 Å². The van der Waals surface area contributed by atoms with Gasteiger partial charge in [0.2, 0.25) is 0 Å². The summed E-state index contributed by atoms with van der Waals surface area (Å²) in [6, 6.07) is 19.2. The lowest BCUT2D eigenvalue weighted by Crippen LogP contribution is -2.25. The van der Waals surface area contributed by atoms with Crippen LogP contribution in [0.1, 0.15) is 5.56 Å². The zero-order valence-corrected chi connectivity index (χ0v) is 20.1. The number of hydrogen-bond donors (Lipinski definition) is 2. The molecule has 182 valence electrons. The Morgan fingerprint density at radius 1 is 1.03 bits per heavy atom. The van der Waals surface area contributed by atoms with E-state index in [1.807, 2.05) is 37.3 Å². The third-order valence-electron chi connectivity index (χ3n) is 5.23. The topological polar surface area (TPSA) is 128 Å². The highest BCUT2D eigenvalue weighted by Crippen LogP contribution is 2.25. The molecule has 0 spiro atoms. The van der Waals surface area contributed by atoms with Crippen molar-refractivity contribution >= 4 is 26.8 Å². The molecule has 2 aromatic carbocycles. The van der Waals surface area contributed by atoms with Crippen LogP contribution in [-0.2, 0) is 14.3 Å². The molecule has 9 nitrogen and oxygen atoms in total. The van der Waals surface area contributed by atoms with Gasteiger partial charge in [-0.15, -0.1) is 0 Å². The third kappa shape index (κ3) is 6.11. The number of hydrazine groups is 1. The maximum Gasteiger partial charge on any atom is 0.297 e. The second-order valence-corrected chi connectivity index (χ2v) is 9.70. The molecule has 3 N–H and O–H groups in total. The Morgan fingerprint density at radius 3 is 2.49 bits per heavy atom. The van der Waals surface area contributed by atoms with Crippen LogP contribution >= 0.6 is 0 Å². The van der Waals surface area contributed by atoms with Gasteiger partial charge < -0.3 is 9.84 Å². The zero-order chi connectivity index (χ0) is 25.0. The lowest BCUT2D eigenvalue weighted by Gasteiger charge is -2.13. The normalized spacial score (nSPS) is 12.5. The van der Waals surface area contributed by atoms with Gasteiger partial charge in [-0.1, -0.05) is 23.8 Å². The van der Waals surface area contributed by atoms with E-state index < -0.39 is 22.8 Å². The average Bonchev–Trinajstić information content (AvgIpc) is 2.86. The molecule has 0 aliphatic heterocycles. The van der Waals surface area contributed by atoms with Crippen molar-refractivity contribution < 1.29 is 22.4 Å². The second-order valence-electron chi connectivity index (χ2n) is 8.08. The molecule has 35 heavy (non-hydrogen) atoms. The lowest BCUT2D eigenvalue weighted by atomic mass is 10.1. The van der Waals surface area contributed by atoms with E-state index in [1.54, 1.807) is 37.5 Å². The molecule has 0 unspecified atom stereocenters. The van der Waals surface area contributed by atoms with E-state index in [9.17, 15) is 13.5 Å². The SMILES string of the molecule is Cc1ccc(S(=O)(=O)OC[C@@H](O)COc2ccc3nc(-c4ccc(N(C)N)nc4)ccc3c2)cc1. The highest BCUT2D eigenvalue weighted by atomic mass is 32.2. The number of aliphatic hydroxyl groups is 1. The third-order valence-corrected chi connectivity index (χ3v) is 6.53. The van der Waals surface area contributed by atoms with Crippen LogP contribution in [0.3, 0.4) is 0 Å². The Kier molecular flexibility index (Phi) is 7.27. The number of nitrogens with zero attached hydrogens (tertiary/aromatic N) is 3. The average molecular weight is 495 g/mol. The van der Waals surface area contributed by atoms with Crippen LogP contribution in [0.2, 0.25) is 0 Å². The van der Waals surface area contributed by atoms with Gasteiger partial charge in [0.1, 0.15) is 24.3 Å². The molecular formula is C25H26N4O5S. The van der Waals surface area contributed by atoms with Crippen molar-refractivity contribution in [1.29, 1.82) is 0 Å². The van der Waals surface area contributed by atoms with Crippen molar-refractivity contribution in [2.24, 2.45) is 5.84 Å². The molecule has 10 heteroatoms. The number of fused-ring (bicyclic) bond motifs is 1. The van der Waals surface area contributed by atoms with Gasteiger partial charge >= 0.3 is 0 Å². The van der Waals surface area contributed by atoms with Gasteiger partial charge in [-0.3, -0.25) is 9.19 Å². The first-order valence-electron chi connectivity index (χ1n) is 10.8. The van der Waals surface area contributed by atoms with Crippen molar-refractivity contribution in [1.82, 2.24) is 9.97 Å². The van der Waals surface area contributed by atoms with E-state index in [-0.39, 0.29) is 11.5 Å². The maximum atomic E-state index is 12.3. The van der Waals surface area contributed by atoms with Gasteiger partial charge in [-0.05, 0) is 55.5 Å². The van der Waals surface area contributed by atoms with Crippen molar-refractivity contribution in [3.05, 3.63) is 78.5 Å². The number of nitrogens with two attached hydrogens (primary N) is 1. The quantitative estimate of drug-likeness (QED) is 0.205. The smallest absolute Gasteiger partial charge is 0.297 e. The van der Waals surface area contributed by atoms with Gasteiger partial charge in [0.05, 0.1) is 22.7 Å². The monoisotopic (exact) mass is 494 g/mol. The van der Waals surface area contributed by atoms with Crippen molar-refractivity contribution in [2.75, 3.05) is 25.3 Å². The fourth-order valence-corrected chi connectivity index (χ4v) is 4.22. The van der Waals surface area contributed by atoms with E-state index in [4.69, 9.17) is 14.8 Å².